The molecule has 6 nitrogen and oxygen atoms in total. The smallest absolute Gasteiger partial charge is 0.190 e. The molecule has 8 heteroatoms. The Labute approximate surface area is 183 Å². The predicted octanol–water partition coefficient (Wildman–Crippen LogP) is 4.52. The number of hydrogen-bond donors (Lipinski definition) is 0. The van der Waals surface area contributed by atoms with Crippen LogP contribution in [0.25, 0.3) is 0 Å². The molecular formula is C22H38O6Si2. The lowest BCUT2D eigenvalue weighted by atomic mass is 10.1. The van der Waals surface area contributed by atoms with Gasteiger partial charge in [-0.1, -0.05) is 30.3 Å². The lowest BCUT2D eigenvalue weighted by molar-refractivity contribution is -0.230. The van der Waals surface area contributed by atoms with Crippen molar-refractivity contribution >= 4 is 16.6 Å². The summed E-state index contributed by atoms with van der Waals surface area (Å²) >= 11 is 0. The van der Waals surface area contributed by atoms with Crippen molar-refractivity contribution in [3.63, 3.8) is 0 Å². The van der Waals surface area contributed by atoms with Crippen molar-refractivity contribution in [1.29, 1.82) is 0 Å². The summed E-state index contributed by atoms with van der Waals surface area (Å²) in [5.74, 6) is -0.696. The molecule has 0 saturated carbocycles. The second-order valence-electron chi connectivity index (χ2n) is 10.5. The van der Waals surface area contributed by atoms with Crippen LogP contribution in [0.4, 0.5) is 0 Å². The van der Waals surface area contributed by atoms with E-state index in [-0.39, 0.29) is 24.4 Å². The first-order valence-corrected chi connectivity index (χ1v) is 17.6. The minimum atomic E-state index is -1.85. The molecule has 2 fully saturated rings. The van der Waals surface area contributed by atoms with E-state index >= 15 is 0 Å². The Morgan fingerprint density at radius 2 is 1.63 bits per heavy atom. The van der Waals surface area contributed by atoms with E-state index in [0.29, 0.717) is 13.2 Å². The van der Waals surface area contributed by atoms with Crippen LogP contribution in [0.1, 0.15) is 19.4 Å². The van der Waals surface area contributed by atoms with Gasteiger partial charge in [-0.2, -0.15) is 0 Å². The number of rotatable bonds is 9. The summed E-state index contributed by atoms with van der Waals surface area (Å²) in [6.45, 7) is 17.9. The minimum absolute atomic E-state index is 0.231. The van der Waals surface area contributed by atoms with Crippen molar-refractivity contribution in [1.82, 2.24) is 0 Å². The van der Waals surface area contributed by atoms with E-state index in [1.54, 1.807) is 0 Å². The molecule has 0 spiro atoms. The van der Waals surface area contributed by atoms with Gasteiger partial charge in [0.15, 0.2) is 28.7 Å². The maximum atomic E-state index is 6.54. The molecule has 1 aromatic rings. The van der Waals surface area contributed by atoms with Crippen LogP contribution >= 0.6 is 0 Å². The number of ether oxygens (including phenoxy) is 4. The van der Waals surface area contributed by atoms with Crippen LogP contribution in [0, 0.1) is 0 Å². The third-order valence-corrected chi connectivity index (χ3v) is 6.91. The quantitative estimate of drug-likeness (QED) is 0.511. The first kappa shape index (κ1) is 24.1. The van der Waals surface area contributed by atoms with Crippen molar-refractivity contribution in [2.24, 2.45) is 0 Å². The average Bonchev–Trinajstić information content (AvgIpc) is 3.08. The number of benzene rings is 1. The molecule has 0 amide bonds. The predicted molar refractivity (Wildman–Crippen MR) is 121 cm³/mol. The molecule has 0 aliphatic carbocycles. The van der Waals surface area contributed by atoms with E-state index in [0.717, 1.165) is 5.56 Å². The Bertz CT molecular complexity index is 685. The van der Waals surface area contributed by atoms with Crippen molar-refractivity contribution < 1.29 is 27.8 Å². The molecule has 3 rings (SSSR count). The maximum absolute atomic E-state index is 6.54. The third kappa shape index (κ3) is 6.70. The molecule has 5 atom stereocenters. The first-order valence-electron chi connectivity index (χ1n) is 10.8. The summed E-state index contributed by atoms with van der Waals surface area (Å²) in [6, 6.07) is 10.1. The van der Waals surface area contributed by atoms with E-state index in [2.05, 4.69) is 51.4 Å². The van der Waals surface area contributed by atoms with Crippen LogP contribution in [0.5, 0.6) is 0 Å². The molecule has 2 heterocycles. The monoisotopic (exact) mass is 454 g/mol. The molecule has 30 heavy (non-hydrogen) atoms. The van der Waals surface area contributed by atoms with Crippen LogP contribution in [-0.2, 0) is 34.4 Å². The highest BCUT2D eigenvalue weighted by atomic mass is 28.4. The Morgan fingerprint density at radius 3 is 2.23 bits per heavy atom. The molecule has 0 aromatic heterocycles. The van der Waals surface area contributed by atoms with Crippen LogP contribution in [0.15, 0.2) is 30.3 Å². The van der Waals surface area contributed by atoms with Gasteiger partial charge in [-0.05, 0) is 58.7 Å². The van der Waals surface area contributed by atoms with Gasteiger partial charge in [0.2, 0.25) is 0 Å². The summed E-state index contributed by atoms with van der Waals surface area (Å²) in [5, 5.41) is 0. The van der Waals surface area contributed by atoms with Gasteiger partial charge in [-0.25, -0.2) is 0 Å². The largest absolute Gasteiger partial charge is 0.415 e. The molecule has 0 bridgehead atoms. The summed E-state index contributed by atoms with van der Waals surface area (Å²) in [5.41, 5.74) is 1.11. The van der Waals surface area contributed by atoms with Gasteiger partial charge in [0.05, 0.1) is 19.3 Å². The molecular weight excluding hydrogens is 416 g/mol. The fraction of sp³-hybridized carbons (Fsp3) is 0.727. The zero-order valence-corrected chi connectivity index (χ0v) is 21.6. The van der Waals surface area contributed by atoms with E-state index in [4.69, 9.17) is 27.8 Å². The summed E-state index contributed by atoms with van der Waals surface area (Å²) in [7, 11) is -3.56. The molecule has 1 aromatic carbocycles. The van der Waals surface area contributed by atoms with Gasteiger partial charge in [0, 0.05) is 0 Å². The number of fused-ring (bicyclic) bond motifs is 1. The molecule has 2 saturated heterocycles. The highest BCUT2D eigenvalue weighted by Gasteiger charge is 2.57. The van der Waals surface area contributed by atoms with E-state index < -0.39 is 28.7 Å². The molecule has 2 aliphatic rings. The molecule has 2 aliphatic heterocycles. The van der Waals surface area contributed by atoms with Crippen molar-refractivity contribution in [2.75, 3.05) is 6.61 Å². The zero-order valence-electron chi connectivity index (χ0n) is 19.6. The summed E-state index contributed by atoms with van der Waals surface area (Å²) < 4.78 is 37.7. The maximum Gasteiger partial charge on any atom is 0.190 e. The normalized spacial score (nSPS) is 29.7. The van der Waals surface area contributed by atoms with Gasteiger partial charge in [0.1, 0.15) is 18.3 Å². The third-order valence-electron chi connectivity index (χ3n) is 4.86. The lowest BCUT2D eigenvalue weighted by Gasteiger charge is -2.35. The highest BCUT2D eigenvalue weighted by Crippen LogP contribution is 2.41. The van der Waals surface area contributed by atoms with E-state index in [1.165, 1.54) is 0 Å². The number of hydrogen-bond acceptors (Lipinski definition) is 6. The Balaban J connectivity index is 1.80. The van der Waals surface area contributed by atoms with E-state index in [9.17, 15) is 0 Å². The Hall–Kier alpha value is -0.586. The van der Waals surface area contributed by atoms with Crippen LogP contribution < -0.4 is 0 Å². The Kier molecular flexibility index (Phi) is 7.31. The van der Waals surface area contributed by atoms with Crippen molar-refractivity contribution in [3.05, 3.63) is 35.9 Å². The molecule has 0 N–H and O–H groups in total. The van der Waals surface area contributed by atoms with Gasteiger partial charge < -0.3 is 27.8 Å². The van der Waals surface area contributed by atoms with Gasteiger partial charge in [0.25, 0.3) is 0 Å². The molecule has 0 unspecified atom stereocenters. The standard InChI is InChI=1S/C22H38O6Si2/c1-22(2)26-20-19(23-14-16-12-10-9-11-13-16)18(25-21(20)27-22)17(28-30(6,7)8)15-24-29(3,4)5/h9-13,17-21H,14-15H2,1-8H3/t17-,18-,19+,20-,21-/m1/s1. The van der Waals surface area contributed by atoms with Crippen LogP contribution in [0.2, 0.25) is 39.3 Å². The minimum Gasteiger partial charge on any atom is -0.415 e. The molecule has 170 valence electrons. The first-order chi connectivity index (χ1) is 13.8. The van der Waals surface area contributed by atoms with E-state index in [1.807, 2.05) is 32.0 Å². The van der Waals surface area contributed by atoms with Crippen molar-refractivity contribution in [2.45, 2.75) is 96.2 Å². The molecule has 0 radical (unpaired) electrons. The summed E-state index contributed by atoms with van der Waals surface area (Å²) in [4.78, 5) is 0. The Morgan fingerprint density at radius 1 is 0.967 bits per heavy atom. The zero-order chi connectivity index (χ0) is 22.2. The van der Waals surface area contributed by atoms with Gasteiger partial charge >= 0.3 is 0 Å². The second kappa shape index (κ2) is 9.11. The SMILES string of the molecule is CC1(C)O[C@H]2O[C@H]([C@@H](CO[Si](C)(C)C)O[Si](C)(C)C)[C@H](OCc3ccccc3)[C@H]2O1. The average molecular weight is 455 g/mol. The fourth-order valence-corrected chi connectivity index (χ4v) is 5.52. The van der Waals surface area contributed by atoms with Crippen LogP contribution in [0.3, 0.4) is 0 Å². The fourth-order valence-electron chi connectivity index (χ4n) is 3.74. The highest BCUT2D eigenvalue weighted by molar-refractivity contribution is 6.70. The lowest BCUT2D eigenvalue weighted by Crippen LogP contribution is -2.50. The van der Waals surface area contributed by atoms with Crippen molar-refractivity contribution in [3.8, 4) is 0 Å². The van der Waals surface area contributed by atoms with Crippen LogP contribution in [-0.4, -0.2) is 59.7 Å². The topological polar surface area (TPSA) is 55.4 Å². The van der Waals surface area contributed by atoms with Gasteiger partial charge in [-0.3, -0.25) is 0 Å². The summed E-state index contributed by atoms with van der Waals surface area (Å²) in [6.07, 6.45) is -1.62. The van der Waals surface area contributed by atoms with Gasteiger partial charge in [-0.15, -0.1) is 0 Å². The second-order valence-corrected chi connectivity index (χ2v) is 19.5.